The van der Waals surface area contributed by atoms with E-state index in [1.54, 1.807) is 19.2 Å². The molecule has 2 heterocycles. The van der Waals surface area contributed by atoms with Crippen LogP contribution < -0.4 is 18.9 Å². The molecule has 9 heteroatoms. The van der Waals surface area contributed by atoms with Gasteiger partial charge < -0.3 is 24.1 Å². The Morgan fingerprint density at radius 3 is 2.46 bits per heavy atom. The van der Waals surface area contributed by atoms with Crippen LogP contribution in [0.5, 0.6) is 23.0 Å². The van der Waals surface area contributed by atoms with E-state index < -0.39 is 12.2 Å². The lowest BCUT2D eigenvalue weighted by molar-refractivity contribution is -0.0199. The van der Waals surface area contributed by atoms with Crippen LogP contribution in [-0.4, -0.2) is 43.1 Å². The molecular weight excluding hydrogens is 516 g/mol. The van der Waals surface area contributed by atoms with Gasteiger partial charge in [0.25, 0.3) is 0 Å². The summed E-state index contributed by atoms with van der Waals surface area (Å²) in [6, 6.07) is 16.7. The van der Waals surface area contributed by atoms with Gasteiger partial charge >= 0.3 is 5.97 Å². The molecule has 1 N–H and O–H groups in total. The smallest absolute Gasteiger partial charge is 0.340 e. The molecule has 180 valence electrons. The average Bonchev–Trinajstić information content (AvgIpc) is 3.33. The highest BCUT2D eigenvalue weighted by molar-refractivity contribution is 9.10. The number of carbonyl (C=O) groups is 1. The topological polar surface area (TPSA) is 89.8 Å². The first-order chi connectivity index (χ1) is 16.9. The lowest BCUT2D eigenvalue weighted by atomic mass is 9.95. The monoisotopic (exact) mass is 538 g/mol. The van der Waals surface area contributed by atoms with Gasteiger partial charge in [0.2, 0.25) is 6.23 Å². The second-order valence-corrected chi connectivity index (χ2v) is 9.01. The van der Waals surface area contributed by atoms with Crippen LogP contribution in [0.2, 0.25) is 0 Å². The van der Waals surface area contributed by atoms with Gasteiger partial charge in [-0.05, 0) is 60.2 Å². The van der Waals surface area contributed by atoms with Gasteiger partial charge in [-0.15, -0.1) is 0 Å². The van der Waals surface area contributed by atoms with Crippen molar-refractivity contribution in [2.45, 2.75) is 18.7 Å². The van der Waals surface area contributed by atoms with Gasteiger partial charge in [-0.25, -0.2) is 9.80 Å². The van der Waals surface area contributed by atoms with Crippen molar-refractivity contribution >= 4 is 27.6 Å². The maximum absolute atomic E-state index is 12.4. The summed E-state index contributed by atoms with van der Waals surface area (Å²) in [5.41, 5.74) is 3.20. The number of hydrazone groups is 1. The summed E-state index contributed by atoms with van der Waals surface area (Å²) >= 11 is 3.56. The van der Waals surface area contributed by atoms with Crippen molar-refractivity contribution in [1.29, 1.82) is 0 Å². The molecule has 3 aromatic carbocycles. The van der Waals surface area contributed by atoms with Gasteiger partial charge in [0.05, 0.1) is 33.1 Å². The Kier molecular flexibility index (Phi) is 6.02. The number of carboxylic acid groups (broad SMARTS) is 1. The molecule has 2 unspecified atom stereocenters. The summed E-state index contributed by atoms with van der Waals surface area (Å²) in [7, 11) is 4.51. The minimum Gasteiger partial charge on any atom is -0.497 e. The standard InChI is InChI=1S/C26H23BrN2O6/c1-32-16-7-4-14(5-8-16)19-13-20-18-12-15(27)6-10-21(18)35-25(29(20)28-19)17-9-11-22(33-2)24(34-3)23(17)26(30)31/h4-12,20,25H,13H2,1-3H3,(H,30,31). The third-order valence-electron chi connectivity index (χ3n) is 6.23. The Morgan fingerprint density at radius 2 is 1.80 bits per heavy atom. The van der Waals surface area contributed by atoms with Crippen molar-refractivity contribution in [2.24, 2.45) is 5.10 Å². The lowest BCUT2D eigenvalue weighted by Crippen LogP contribution is -2.34. The Morgan fingerprint density at radius 1 is 1.03 bits per heavy atom. The molecule has 0 spiro atoms. The molecule has 0 aromatic heterocycles. The zero-order valence-corrected chi connectivity index (χ0v) is 20.9. The van der Waals surface area contributed by atoms with Crippen LogP contribution >= 0.6 is 15.9 Å². The normalized spacial score (nSPS) is 18.2. The first-order valence-corrected chi connectivity index (χ1v) is 11.7. The van der Waals surface area contributed by atoms with Crippen molar-refractivity contribution < 1.29 is 28.8 Å². The number of halogens is 1. The highest BCUT2D eigenvalue weighted by atomic mass is 79.9. The molecule has 2 atom stereocenters. The molecular formula is C26H23BrN2O6. The van der Waals surface area contributed by atoms with Crippen LogP contribution in [-0.2, 0) is 0 Å². The molecule has 8 nitrogen and oxygen atoms in total. The zero-order chi connectivity index (χ0) is 24.7. The molecule has 2 aliphatic rings. The second-order valence-electron chi connectivity index (χ2n) is 8.10. The molecule has 0 saturated heterocycles. The van der Waals surface area contributed by atoms with Gasteiger partial charge in [-0.3, -0.25) is 0 Å². The molecule has 0 fully saturated rings. The van der Waals surface area contributed by atoms with E-state index in [-0.39, 0.29) is 17.4 Å². The van der Waals surface area contributed by atoms with Gasteiger partial charge in [0, 0.05) is 22.0 Å². The van der Waals surface area contributed by atoms with E-state index in [1.807, 2.05) is 47.5 Å². The Balaban J connectivity index is 1.66. The molecule has 35 heavy (non-hydrogen) atoms. The predicted octanol–water partition coefficient (Wildman–Crippen LogP) is 5.42. The molecule has 0 radical (unpaired) electrons. The zero-order valence-electron chi connectivity index (χ0n) is 19.3. The largest absolute Gasteiger partial charge is 0.497 e. The molecule has 2 aliphatic heterocycles. The maximum atomic E-state index is 12.4. The Hall–Kier alpha value is -3.72. The summed E-state index contributed by atoms with van der Waals surface area (Å²) < 4.78 is 23.4. The van der Waals surface area contributed by atoms with Crippen LogP contribution in [0.25, 0.3) is 0 Å². The molecule has 0 saturated carbocycles. The molecule has 0 aliphatic carbocycles. The third-order valence-corrected chi connectivity index (χ3v) is 6.73. The summed E-state index contributed by atoms with van der Waals surface area (Å²) in [5, 5.41) is 16.9. The third kappa shape index (κ3) is 3.95. The quantitative estimate of drug-likeness (QED) is 0.448. The van der Waals surface area contributed by atoms with Crippen LogP contribution in [0.4, 0.5) is 0 Å². The number of hydrogen-bond donors (Lipinski definition) is 1. The van der Waals surface area contributed by atoms with Crippen LogP contribution in [0.15, 0.2) is 64.2 Å². The van der Waals surface area contributed by atoms with Crippen LogP contribution in [0.3, 0.4) is 0 Å². The average molecular weight is 539 g/mol. The second kappa shape index (κ2) is 9.14. The minimum absolute atomic E-state index is 0.0238. The first-order valence-electron chi connectivity index (χ1n) is 10.9. The summed E-state index contributed by atoms with van der Waals surface area (Å²) in [4.78, 5) is 12.4. The van der Waals surface area contributed by atoms with Crippen molar-refractivity contribution in [3.05, 3.63) is 81.3 Å². The maximum Gasteiger partial charge on any atom is 0.340 e. The fourth-order valence-corrected chi connectivity index (χ4v) is 4.97. The van der Waals surface area contributed by atoms with E-state index in [1.165, 1.54) is 14.2 Å². The number of nitrogens with zero attached hydrogens (tertiary/aromatic N) is 2. The summed E-state index contributed by atoms with van der Waals surface area (Å²) in [6.45, 7) is 0. The SMILES string of the molecule is COc1ccc(C2=NN3C(C2)c2cc(Br)ccc2OC3c2ccc(OC)c(OC)c2C(=O)O)cc1. The number of methoxy groups -OCH3 is 3. The molecule has 5 rings (SSSR count). The number of rotatable bonds is 6. The van der Waals surface area contributed by atoms with E-state index in [0.29, 0.717) is 23.5 Å². The van der Waals surface area contributed by atoms with Crippen molar-refractivity contribution in [3.63, 3.8) is 0 Å². The van der Waals surface area contributed by atoms with Crippen molar-refractivity contribution in [2.75, 3.05) is 21.3 Å². The molecule has 0 amide bonds. The van der Waals surface area contributed by atoms with Crippen molar-refractivity contribution in [3.8, 4) is 23.0 Å². The predicted molar refractivity (Wildman–Crippen MR) is 133 cm³/mol. The summed E-state index contributed by atoms with van der Waals surface area (Å²) in [5.74, 6) is 0.761. The highest BCUT2D eigenvalue weighted by Gasteiger charge is 2.43. The van der Waals surface area contributed by atoms with Crippen LogP contribution in [0, 0.1) is 0 Å². The van der Waals surface area contributed by atoms with E-state index >= 15 is 0 Å². The van der Waals surface area contributed by atoms with Gasteiger partial charge in [-0.1, -0.05) is 15.9 Å². The van der Waals surface area contributed by atoms with E-state index in [2.05, 4.69) is 15.9 Å². The van der Waals surface area contributed by atoms with E-state index in [9.17, 15) is 9.90 Å². The van der Waals surface area contributed by atoms with Crippen molar-refractivity contribution in [1.82, 2.24) is 5.01 Å². The summed E-state index contributed by atoms with van der Waals surface area (Å²) in [6.07, 6.45) is -0.152. The fourth-order valence-electron chi connectivity index (χ4n) is 4.59. The van der Waals surface area contributed by atoms with E-state index in [4.69, 9.17) is 24.0 Å². The number of ether oxygens (including phenoxy) is 4. The highest BCUT2D eigenvalue weighted by Crippen LogP contribution is 2.50. The van der Waals surface area contributed by atoms with Gasteiger partial charge in [0.15, 0.2) is 11.5 Å². The Bertz CT molecular complexity index is 1320. The fraction of sp³-hybridized carbons (Fsp3) is 0.231. The molecule has 3 aromatic rings. The number of fused-ring (bicyclic) bond motifs is 3. The van der Waals surface area contributed by atoms with Crippen LogP contribution in [0.1, 0.15) is 45.7 Å². The van der Waals surface area contributed by atoms with E-state index in [0.717, 1.165) is 27.1 Å². The van der Waals surface area contributed by atoms with Gasteiger partial charge in [0.1, 0.15) is 17.1 Å². The minimum atomic E-state index is -1.14. The number of aromatic carboxylic acids is 1. The number of hydrogen-bond acceptors (Lipinski definition) is 7. The molecule has 0 bridgehead atoms. The Labute approximate surface area is 210 Å². The first kappa shape index (κ1) is 23.0. The van der Waals surface area contributed by atoms with Gasteiger partial charge in [-0.2, -0.15) is 5.10 Å². The lowest BCUT2D eigenvalue weighted by Gasteiger charge is -2.38. The number of carboxylic acids is 1. The number of benzene rings is 3.